The maximum absolute atomic E-state index is 11.9. The SMILES string of the molecule is Cc1ccccc1CSCC(=O)N/N=C/c1ccc(OCc2ccccc2)cc1. The van der Waals surface area contributed by atoms with Crippen LogP contribution < -0.4 is 10.2 Å². The molecule has 0 saturated heterocycles. The second kappa shape index (κ2) is 11.1. The molecule has 5 heteroatoms. The second-order valence-corrected chi connectivity index (χ2v) is 7.54. The zero-order valence-corrected chi connectivity index (χ0v) is 17.2. The van der Waals surface area contributed by atoms with Crippen LogP contribution in [0.1, 0.15) is 22.3 Å². The molecule has 3 aromatic rings. The molecule has 0 saturated carbocycles. The van der Waals surface area contributed by atoms with E-state index in [-0.39, 0.29) is 5.91 Å². The lowest BCUT2D eigenvalue weighted by Crippen LogP contribution is -2.19. The van der Waals surface area contributed by atoms with Crippen LogP contribution in [-0.2, 0) is 17.2 Å². The van der Waals surface area contributed by atoms with Crippen LogP contribution >= 0.6 is 11.8 Å². The highest BCUT2D eigenvalue weighted by atomic mass is 32.2. The van der Waals surface area contributed by atoms with Crippen molar-refractivity contribution in [2.24, 2.45) is 5.10 Å². The van der Waals surface area contributed by atoms with E-state index in [0.717, 1.165) is 22.6 Å². The number of carbonyl (C=O) groups excluding carboxylic acids is 1. The Hall–Kier alpha value is -3.05. The molecule has 1 N–H and O–H groups in total. The molecule has 4 nitrogen and oxygen atoms in total. The van der Waals surface area contributed by atoms with Gasteiger partial charge in [0.15, 0.2) is 0 Å². The van der Waals surface area contributed by atoms with Gasteiger partial charge in [0.2, 0.25) is 5.91 Å². The van der Waals surface area contributed by atoms with Gasteiger partial charge >= 0.3 is 0 Å². The van der Waals surface area contributed by atoms with Gasteiger partial charge in [-0.2, -0.15) is 5.10 Å². The van der Waals surface area contributed by atoms with E-state index < -0.39 is 0 Å². The number of hydrogen-bond donors (Lipinski definition) is 1. The lowest BCUT2D eigenvalue weighted by Gasteiger charge is -2.06. The first-order valence-electron chi connectivity index (χ1n) is 9.41. The largest absolute Gasteiger partial charge is 0.489 e. The number of ether oxygens (including phenoxy) is 1. The van der Waals surface area contributed by atoms with Gasteiger partial charge in [0.05, 0.1) is 12.0 Å². The molecule has 1 amide bonds. The molecular weight excluding hydrogens is 380 g/mol. The summed E-state index contributed by atoms with van der Waals surface area (Å²) < 4.78 is 5.76. The molecule has 0 bridgehead atoms. The average Bonchev–Trinajstić information content (AvgIpc) is 2.75. The smallest absolute Gasteiger partial charge is 0.250 e. The molecule has 0 unspecified atom stereocenters. The molecule has 0 aliphatic heterocycles. The molecular formula is C24H24N2O2S. The van der Waals surface area contributed by atoms with E-state index in [1.165, 1.54) is 11.1 Å². The number of amides is 1. The molecule has 0 heterocycles. The summed E-state index contributed by atoms with van der Waals surface area (Å²) in [5.41, 5.74) is 7.09. The van der Waals surface area contributed by atoms with Gasteiger partial charge in [-0.3, -0.25) is 4.79 Å². The fraction of sp³-hybridized carbons (Fsp3) is 0.167. The Balaban J connectivity index is 1.38. The van der Waals surface area contributed by atoms with Crippen LogP contribution in [0, 0.1) is 6.92 Å². The minimum atomic E-state index is -0.109. The first-order valence-corrected chi connectivity index (χ1v) is 10.6. The van der Waals surface area contributed by atoms with Gasteiger partial charge in [0.25, 0.3) is 0 Å². The Bertz CT molecular complexity index is 941. The molecule has 3 rings (SSSR count). The van der Waals surface area contributed by atoms with Gasteiger partial charge in [-0.1, -0.05) is 54.6 Å². The Morgan fingerprint density at radius 2 is 1.72 bits per heavy atom. The predicted octanol–water partition coefficient (Wildman–Crippen LogP) is 4.96. The number of benzene rings is 3. The summed E-state index contributed by atoms with van der Waals surface area (Å²) in [5.74, 6) is 1.87. The van der Waals surface area contributed by atoms with Crippen molar-refractivity contribution >= 4 is 23.9 Å². The van der Waals surface area contributed by atoms with Crippen molar-refractivity contribution in [3.63, 3.8) is 0 Å². The predicted molar refractivity (Wildman–Crippen MR) is 120 cm³/mol. The van der Waals surface area contributed by atoms with Crippen LogP contribution in [0.2, 0.25) is 0 Å². The second-order valence-electron chi connectivity index (χ2n) is 6.56. The molecule has 0 spiro atoms. The molecule has 0 aliphatic rings. The number of hydrogen-bond acceptors (Lipinski definition) is 4. The third kappa shape index (κ3) is 7.12. The van der Waals surface area contributed by atoms with Gasteiger partial charge in [0.1, 0.15) is 12.4 Å². The topological polar surface area (TPSA) is 50.7 Å². The Morgan fingerprint density at radius 3 is 2.48 bits per heavy atom. The van der Waals surface area contributed by atoms with Crippen LogP contribution in [0.15, 0.2) is 84.0 Å². The van der Waals surface area contributed by atoms with E-state index in [2.05, 4.69) is 29.6 Å². The van der Waals surface area contributed by atoms with Crippen LogP contribution in [0.3, 0.4) is 0 Å². The summed E-state index contributed by atoms with van der Waals surface area (Å²) in [6.45, 7) is 2.61. The maximum Gasteiger partial charge on any atom is 0.250 e. The zero-order chi connectivity index (χ0) is 20.3. The first kappa shape index (κ1) is 20.7. The van der Waals surface area contributed by atoms with E-state index in [4.69, 9.17) is 4.74 Å². The average molecular weight is 405 g/mol. The highest BCUT2D eigenvalue weighted by molar-refractivity contribution is 7.99. The Kier molecular flexibility index (Phi) is 7.90. The van der Waals surface area contributed by atoms with Crippen LogP contribution in [-0.4, -0.2) is 17.9 Å². The normalized spacial score (nSPS) is 10.8. The summed E-state index contributed by atoms with van der Waals surface area (Å²) in [7, 11) is 0. The quantitative estimate of drug-likeness (QED) is 0.405. The molecule has 29 heavy (non-hydrogen) atoms. The number of hydrazone groups is 1. The van der Waals surface area contributed by atoms with Gasteiger partial charge in [-0.05, 0) is 53.4 Å². The highest BCUT2D eigenvalue weighted by Gasteiger charge is 2.02. The van der Waals surface area contributed by atoms with Crippen LogP contribution in [0.25, 0.3) is 0 Å². The first-order chi connectivity index (χ1) is 14.2. The fourth-order valence-electron chi connectivity index (χ4n) is 2.63. The molecule has 0 atom stereocenters. The zero-order valence-electron chi connectivity index (χ0n) is 16.4. The van der Waals surface area contributed by atoms with E-state index in [9.17, 15) is 4.79 Å². The molecule has 0 radical (unpaired) electrons. The monoisotopic (exact) mass is 404 g/mol. The summed E-state index contributed by atoms with van der Waals surface area (Å²) in [5, 5.41) is 4.03. The van der Waals surface area contributed by atoms with Crippen molar-refractivity contribution < 1.29 is 9.53 Å². The molecule has 3 aromatic carbocycles. The van der Waals surface area contributed by atoms with Crippen LogP contribution in [0.5, 0.6) is 5.75 Å². The standard InChI is InChI=1S/C24H24N2O2S/c1-19-7-5-6-10-22(19)17-29-18-24(27)26-25-15-20-11-13-23(14-12-20)28-16-21-8-3-2-4-9-21/h2-15H,16-18H2,1H3,(H,26,27)/b25-15+. The number of aryl methyl sites for hydroxylation is 1. The summed E-state index contributed by atoms with van der Waals surface area (Å²) in [6.07, 6.45) is 1.63. The lowest BCUT2D eigenvalue weighted by atomic mass is 10.1. The molecule has 0 fully saturated rings. The number of nitrogens with one attached hydrogen (secondary N) is 1. The third-order valence-corrected chi connectivity index (χ3v) is 5.26. The van der Waals surface area contributed by atoms with Crippen molar-refractivity contribution in [1.29, 1.82) is 0 Å². The molecule has 148 valence electrons. The van der Waals surface area contributed by atoms with Crippen molar-refractivity contribution in [2.75, 3.05) is 5.75 Å². The molecule has 0 aromatic heterocycles. The summed E-state index contributed by atoms with van der Waals surface area (Å²) in [4.78, 5) is 11.9. The van der Waals surface area contributed by atoms with Crippen LogP contribution in [0.4, 0.5) is 0 Å². The number of carbonyl (C=O) groups is 1. The van der Waals surface area contributed by atoms with Crippen molar-refractivity contribution in [3.8, 4) is 5.75 Å². The van der Waals surface area contributed by atoms with Crippen molar-refractivity contribution in [1.82, 2.24) is 5.43 Å². The lowest BCUT2D eigenvalue weighted by molar-refractivity contribution is -0.118. The van der Waals surface area contributed by atoms with E-state index in [1.807, 2.05) is 66.7 Å². The maximum atomic E-state index is 11.9. The van der Waals surface area contributed by atoms with Gasteiger partial charge in [-0.25, -0.2) is 5.43 Å². The van der Waals surface area contributed by atoms with Crippen molar-refractivity contribution in [3.05, 3.63) is 101 Å². The van der Waals surface area contributed by atoms with Gasteiger partial charge < -0.3 is 4.74 Å². The van der Waals surface area contributed by atoms with Gasteiger partial charge in [0, 0.05) is 5.75 Å². The summed E-state index contributed by atoms with van der Waals surface area (Å²) in [6, 6.07) is 25.8. The third-order valence-electron chi connectivity index (χ3n) is 4.28. The van der Waals surface area contributed by atoms with E-state index in [0.29, 0.717) is 12.4 Å². The van der Waals surface area contributed by atoms with Gasteiger partial charge in [-0.15, -0.1) is 11.8 Å². The minimum absolute atomic E-state index is 0.109. The minimum Gasteiger partial charge on any atom is -0.489 e. The summed E-state index contributed by atoms with van der Waals surface area (Å²) >= 11 is 1.58. The Labute approximate surface area is 176 Å². The Morgan fingerprint density at radius 1 is 1.00 bits per heavy atom. The fourth-order valence-corrected chi connectivity index (χ4v) is 3.52. The van der Waals surface area contributed by atoms with E-state index >= 15 is 0 Å². The highest BCUT2D eigenvalue weighted by Crippen LogP contribution is 2.16. The molecule has 0 aliphatic carbocycles. The van der Waals surface area contributed by atoms with Crippen molar-refractivity contribution in [2.45, 2.75) is 19.3 Å². The number of thioether (sulfide) groups is 1. The van der Waals surface area contributed by atoms with E-state index in [1.54, 1.807) is 18.0 Å². The number of rotatable bonds is 9. The number of nitrogens with zero attached hydrogens (tertiary/aromatic N) is 1.